The van der Waals surface area contributed by atoms with Crippen LogP contribution in [0.2, 0.25) is 0 Å². The lowest BCUT2D eigenvalue weighted by molar-refractivity contribution is 0.797. The molecular formula is C17H19N3S. The number of nitrogens with zero attached hydrogens (tertiary/aromatic N) is 2. The van der Waals surface area contributed by atoms with Crippen LogP contribution in [0.15, 0.2) is 55.1 Å². The minimum atomic E-state index is 0.326. The Kier molecular flexibility index (Phi) is 4.06. The number of nitrogens with one attached hydrogen (secondary N) is 1. The maximum atomic E-state index is 4.08. The lowest BCUT2D eigenvalue weighted by Gasteiger charge is -2.14. The molecule has 4 heteroatoms. The molecule has 0 aliphatic heterocycles. The van der Waals surface area contributed by atoms with Gasteiger partial charge in [0.25, 0.3) is 0 Å². The van der Waals surface area contributed by atoms with Crippen molar-refractivity contribution in [3.63, 3.8) is 0 Å². The molecule has 2 aromatic heterocycles. The van der Waals surface area contributed by atoms with Gasteiger partial charge in [-0.3, -0.25) is 0 Å². The second-order valence-corrected chi connectivity index (χ2v) is 6.57. The average Bonchev–Trinajstić information content (AvgIpc) is 3.11. The molecule has 108 valence electrons. The summed E-state index contributed by atoms with van der Waals surface area (Å²) in [5.41, 5.74) is 2.43. The quantitative estimate of drug-likeness (QED) is 0.752. The monoisotopic (exact) mass is 297 g/mol. The molecule has 1 atom stereocenters. The Balaban J connectivity index is 1.71. The SMILES string of the molecule is Cc1ccc(C(C)Nc2cccc(Cn3ccnc3)c2)s1. The molecule has 0 aliphatic rings. The molecule has 1 aromatic carbocycles. The molecule has 1 N–H and O–H groups in total. The summed E-state index contributed by atoms with van der Waals surface area (Å²) in [6.07, 6.45) is 5.64. The number of aryl methyl sites for hydroxylation is 1. The largest absolute Gasteiger partial charge is 0.378 e. The molecule has 0 saturated heterocycles. The third-order valence-corrected chi connectivity index (χ3v) is 4.61. The van der Waals surface area contributed by atoms with Gasteiger partial charge in [-0.2, -0.15) is 0 Å². The van der Waals surface area contributed by atoms with Gasteiger partial charge in [0.1, 0.15) is 0 Å². The van der Waals surface area contributed by atoms with Gasteiger partial charge in [-0.15, -0.1) is 11.3 Å². The Bertz CT molecular complexity index is 700. The summed E-state index contributed by atoms with van der Waals surface area (Å²) in [7, 11) is 0. The first-order chi connectivity index (χ1) is 10.2. The molecule has 3 aromatic rings. The molecule has 0 fully saturated rings. The second-order valence-electron chi connectivity index (χ2n) is 5.25. The summed E-state index contributed by atoms with van der Waals surface area (Å²) in [6, 6.07) is 13.3. The zero-order valence-electron chi connectivity index (χ0n) is 12.3. The topological polar surface area (TPSA) is 29.9 Å². The lowest BCUT2D eigenvalue weighted by Crippen LogP contribution is -2.05. The fourth-order valence-electron chi connectivity index (χ4n) is 2.36. The molecule has 0 bridgehead atoms. The van der Waals surface area contributed by atoms with E-state index in [1.807, 2.05) is 30.1 Å². The number of rotatable bonds is 5. The van der Waals surface area contributed by atoms with Gasteiger partial charge in [0, 0.05) is 34.4 Å². The molecule has 2 heterocycles. The van der Waals surface area contributed by atoms with Crippen LogP contribution >= 0.6 is 11.3 Å². The van der Waals surface area contributed by atoms with E-state index in [1.165, 1.54) is 15.3 Å². The van der Waals surface area contributed by atoms with E-state index in [0.29, 0.717) is 6.04 Å². The fraction of sp³-hybridized carbons (Fsp3) is 0.235. The Labute approximate surface area is 129 Å². The molecular weight excluding hydrogens is 278 g/mol. The number of anilines is 1. The maximum Gasteiger partial charge on any atom is 0.0949 e. The highest BCUT2D eigenvalue weighted by atomic mass is 32.1. The predicted molar refractivity (Wildman–Crippen MR) is 88.9 cm³/mol. The number of hydrogen-bond donors (Lipinski definition) is 1. The summed E-state index contributed by atoms with van der Waals surface area (Å²) < 4.78 is 2.07. The molecule has 21 heavy (non-hydrogen) atoms. The van der Waals surface area contributed by atoms with Gasteiger partial charge in [0.05, 0.1) is 12.4 Å². The fourth-order valence-corrected chi connectivity index (χ4v) is 3.24. The van der Waals surface area contributed by atoms with Gasteiger partial charge in [0.15, 0.2) is 0 Å². The van der Waals surface area contributed by atoms with Gasteiger partial charge in [-0.05, 0) is 43.7 Å². The van der Waals surface area contributed by atoms with Gasteiger partial charge in [-0.25, -0.2) is 4.98 Å². The van der Waals surface area contributed by atoms with Crippen LogP contribution in [-0.4, -0.2) is 9.55 Å². The molecule has 0 radical (unpaired) electrons. The van der Waals surface area contributed by atoms with Gasteiger partial charge in [-0.1, -0.05) is 12.1 Å². The summed E-state index contributed by atoms with van der Waals surface area (Å²) in [6.45, 7) is 5.20. The van der Waals surface area contributed by atoms with Crippen molar-refractivity contribution >= 4 is 17.0 Å². The molecule has 0 saturated carbocycles. The van der Waals surface area contributed by atoms with Crippen molar-refractivity contribution in [2.75, 3.05) is 5.32 Å². The predicted octanol–water partition coefficient (Wildman–Crippen LogP) is 4.47. The van der Waals surface area contributed by atoms with Crippen molar-refractivity contribution in [1.82, 2.24) is 9.55 Å². The van der Waals surface area contributed by atoms with Gasteiger partial charge < -0.3 is 9.88 Å². The van der Waals surface area contributed by atoms with E-state index in [0.717, 1.165) is 12.2 Å². The third-order valence-electron chi connectivity index (χ3n) is 3.42. The lowest BCUT2D eigenvalue weighted by atomic mass is 10.1. The van der Waals surface area contributed by atoms with Crippen LogP contribution in [0.3, 0.4) is 0 Å². The van der Waals surface area contributed by atoms with Crippen molar-refractivity contribution in [2.24, 2.45) is 0 Å². The van der Waals surface area contributed by atoms with Crippen LogP contribution in [0.25, 0.3) is 0 Å². The van der Waals surface area contributed by atoms with Crippen LogP contribution in [0.4, 0.5) is 5.69 Å². The van der Waals surface area contributed by atoms with Crippen molar-refractivity contribution in [3.05, 3.63) is 70.4 Å². The third kappa shape index (κ3) is 3.52. The van der Waals surface area contributed by atoms with E-state index in [2.05, 4.69) is 65.1 Å². The van der Waals surface area contributed by atoms with E-state index in [9.17, 15) is 0 Å². The van der Waals surface area contributed by atoms with Crippen LogP contribution in [0.5, 0.6) is 0 Å². The number of aromatic nitrogens is 2. The van der Waals surface area contributed by atoms with Gasteiger partial charge in [0.2, 0.25) is 0 Å². The molecule has 3 rings (SSSR count). The smallest absolute Gasteiger partial charge is 0.0949 e. The Hall–Kier alpha value is -2.07. The standard InChI is InChI=1S/C17H19N3S/c1-13-6-7-17(21-13)14(2)19-16-5-3-4-15(10-16)11-20-9-8-18-12-20/h3-10,12,14,19H,11H2,1-2H3. The number of benzene rings is 1. The van der Waals surface area contributed by atoms with E-state index >= 15 is 0 Å². The van der Waals surface area contributed by atoms with Gasteiger partial charge >= 0.3 is 0 Å². The first-order valence-corrected chi connectivity index (χ1v) is 7.90. The van der Waals surface area contributed by atoms with Crippen LogP contribution < -0.4 is 5.32 Å². The van der Waals surface area contributed by atoms with Crippen LogP contribution in [0.1, 0.15) is 28.3 Å². The zero-order chi connectivity index (χ0) is 14.7. The maximum absolute atomic E-state index is 4.08. The highest BCUT2D eigenvalue weighted by Gasteiger charge is 2.07. The van der Waals surface area contributed by atoms with Crippen molar-refractivity contribution in [1.29, 1.82) is 0 Å². The first kappa shape index (κ1) is 13.9. The highest BCUT2D eigenvalue weighted by molar-refractivity contribution is 7.12. The van der Waals surface area contributed by atoms with Crippen LogP contribution in [0, 0.1) is 6.92 Å². The van der Waals surface area contributed by atoms with E-state index in [1.54, 1.807) is 0 Å². The Morgan fingerprint density at radius 2 is 2.19 bits per heavy atom. The molecule has 0 aliphatic carbocycles. The van der Waals surface area contributed by atoms with E-state index in [-0.39, 0.29) is 0 Å². The number of hydrogen-bond acceptors (Lipinski definition) is 3. The normalized spacial score (nSPS) is 12.3. The molecule has 0 amide bonds. The minimum absolute atomic E-state index is 0.326. The van der Waals surface area contributed by atoms with E-state index < -0.39 is 0 Å². The Morgan fingerprint density at radius 1 is 1.29 bits per heavy atom. The first-order valence-electron chi connectivity index (χ1n) is 7.08. The summed E-state index contributed by atoms with van der Waals surface area (Å²) >= 11 is 1.85. The summed E-state index contributed by atoms with van der Waals surface area (Å²) in [4.78, 5) is 6.80. The van der Waals surface area contributed by atoms with E-state index in [4.69, 9.17) is 0 Å². The molecule has 1 unspecified atom stereocenters. The highest BCUT2D eigenvalue weighted by Crippen LogP contribution is 2.26. The Morgan fingerprint density at radius 3 is 2.90 bits per heavy atom. The zero-order valence-corrected chi connectivity index (χ0v) is 13.1. The molecule has 0 spiro atoms. The average molecular weight is 297 g/mol. The molecule has 3 nitrogen and oxygen atoms in total. The second kappa shape index (κ2) is 6.14. The minimum Gasteiger partial charge on any atom is -0.378 e. The summed E-state index contributed by atoms with van der Waals surface area (Å²) in [5, 5.41) is 3.58. The summed E-state index contributed by atoms with van der Waals surface area (Å²) in [5.74, 6) is 0. The van der Waals surface area contributed by atoms with Crippen molar-refractivity contribution in [2.45, 2.75) is 26.4 Å². The van der Waals surface area contributed by atoms with Crippen molar-refractivity contribution in [3.8, 4) is 0 Å². The number of thiophene rings is 1. The van der Waals surface area contributed by atoms with Crippen LogP contribution in [-0.2, 0) is 6.54 Å². The van der Waals surface area contributed by atoms with Crippen molar-refractivity contribution < 1.29 is 0 Å². The number of imidazole rings is 1.